The van der Waals surface area contributed by atoms with Gasteiger partial charge in [-0.25, -0.2) is 0 Å². The number of ether oxygens (including phenoxy) is 4. The molecule has 0 aliphatic heterocycles. The second-order valence-electron chi connectivity index (χ2n) is 3.92. The van der Waals surface area contributed by atoms with Crippen LogP contribution in [0.1, 0.15) is 27.2 Å². The molecule has 0 fully saturated rings. The van der Waals surface area contributed by atoms with Gasteiger partial charge in [0, 0.05) is 39.3 Å². The SMILES string of the molecule is CC.CCCNCCOCCOCCOCCOCCO.[Y]. The Morgan fingerprint density at radius 1 is 0.682 bits per heavy atom. The van der Waals surface area contributed by atoms with Gasteiger partial charge in [-0.3, -0.25) is 0 Å². The first-order chi connectivity index (χ1) is 10.4. The standard InChI is InChI=1S/C13H29NO5.C2H6.Y/c1-2-3-14-4-6-16-8-10-18-12-13-19-11-9-17-7-5-15;1-2;/h14-15H,2-13H2,1H3;1-2H3;. The average Bonchev–Trinajstić information content (AvgIpc) is 2.53. The molecule has 2 N–H and O–H groups in total. The number of rotatable bonds is 16. The molecule has 0 aromatic carbocycles. The molecule has 22 heavy (non-hydrogen) atoms. The smallest absolute Gasteiger partial charge is 0.0701 e. The van der Waals surface area contributed by atoms with Crippen LogP contribution >= 0.6 is 0 Å². The summed E-state index contributed by atoms with van der Waals surface area (Å²) in [7, 11) is 0. The van der Waals surface area contributed by atoms with Crippen LogP contribution in [-0.2, 0) is 51.7 Å². The van der Waals surface area contributed by atoms with Gasteiger partial charge >= 0.3 is 0 Å². The van der Waals surface area contributed by atoms with Crippen molar-refractivity contribution in [2.45, 2.75) is 27.2 Å². The second-order valence-corrected chi connectivity index (χ2v) is 3.92. The zero-order chi connectivity index (χ0) is 16.0. The molecular formula is C15H35NO5Y. The number of hydrogen-bond donors (Lipinski definition) is 2. The molecule has 1 radical (unpaired) electrons. The summed E-state index contributed by atoms with van der Waals surface area (Å²) < 4.78 is 21.0. The maximum Gasteiger partial charge on any atom is 0.0701 e. The van der Waals surface area contributed by atoms with Gasteiger partial charge in [-0.2, -0.15) is 0 Å². The summed E-state index contributed by atoms with van der Waals surface area (Å²) in [6, 6.07) is 0. The molecule has 6 nitrogen and oxygen atoms in total. The molecule has 0 saturated carbocycles. The average molecular weight is 398 g/mol. The predicted octanol–water partition coefficient (Wildman–Crippen LogP) is 1.07. The maximum atomic E-state index is 8.47. The van der Waals surface area contributed by atoms with Crippen molar-refractivity contribution in [2.24, 2.45) is 0 Å². The third-order valence-corrected chi connectivity index (χ3v) is 2.20. The van der Waals surface area contributed by atoms with Gasteiger partial charge in [0.05, 0.1) is 59.5 Å². The molecule has 0 aliphatic carbocycles. The number of hydrogen-bond acceptors (Lipinski definition) is 6. The minimum Gasteiger partial charge on any atom is -0.394 e. The number of nitrogens with one attached hydrogen (secondary N) is 1. The summed E-state index contributed by atoms with van der Waals surface area (Å²) in [5.74, 6) is 0. The van der Waals surface area contributed by atoms with Gasteiger partial charge in [0.15, 0.2) is 0 Å². The van der Waals surface area contributed by atoms with Crippen LogP contribution in [0.3, 0.4) is 0 Å². The van der Waals surface area contributed by atoms with Gasteiger partial charge in [0.25, 0.3) is 0 Å². The quantitative estimate of drug-likeness (QED) is 0.379. The molecule has 0 heterocycles. The Balaban J connectivity index is -0.00000115. The van der Waals surface area contributed by atoms with Gasteiger partial charge < -0.3 is 29.4 Å². The Hall–Kier alpha value is 0.864. The Kier molecular flexibility index (Phi) is 37.6. The third kappa shape index (κ3) is 28.9. The maximum absolute atomic E-state index is 8.47. The van der Waals surface area contributed by atoms with E-state index in [0.717, 1.165) is 26.1 Å². The van der Waals surface area contributed by atoms with Crippen LogP contribution < -0.4 is 5.32 Å². The molecule has 0 spiro atoms. The van der Waals surface area contributed by atoms with Crippen molar-refractivity contribution in [3.63, 3.8) is 0 Å². The summed E-state index contributed by atoms with van der Waals surface area (Å²) in [4.78, 5) is 0. The Bertz CT molecular complexity index is 151. The minimum atomic E-state index is 0. The molecule has 0 unspecified atom stereocenters. The van der Waals surface area contributed by atoms with E-state index in [9.17, 15) is 0 Å². The van der Waals surface area contributed by atoms with E-state index in [0.29, 0.717) is 46.2 Å². The van der Waals surface area contributed by atoms with Crippen molar-refractivity contribution in [3.8, 4) is 0 Å². The van der Waals surface area contributed by atoms with Crippen LogP contribution in [0.4, 0.5) is 0 Å². The van der Waals surface area contributed by atoms with E-state index in [1.54, 1.807) is 0 Å². The van der Waals surface area contributed by atoms with Crippen molar-refractivity contribution in [2.75, 3.05) is 72.6 Å². The molecule has 7 heteroatoms. The largest absolute Gasteiger partial charge is 0.394 e. The summed E-state index contributed by atoms with van der Waals surface area (Å²) in [5.41, 5.74) is 0. The van der Waals surface area contributed by atoms with Crippen LogP contribution in [0.5, 0.6) is 0 Å². The third-order valence-electron chi connectivity index (χ3n) is 2.20. The normalized spacial score (nSPS) is 9.82. The van der Waals surface area contributed by atoms with E-state index >= 15 is 0 Å². The van der Waals surface area contributed by atoms with Gasteiger partial charge in [-0.05, 0) is 13.0 Å². The Labute approximate surface area is 161 Å². The first-order valence-corrected chi connectivity index (χ1v) is 8.04. The zero-order valence-electron chi connectivity index (χ0n) is 14.6. The van der Waals surface area contributed by atoms with Gasteiger partial charge in [-0.15, -0.1) is 0 Å². The molecule has 0 aliphatic rings. The van der Waals surface area contributed by atoms with E-state index in [1.165, 1.54) is 0 Å². The number of aliphatic hydroxyl groups is 1. The van der Waals surface area contributed by atoms with Gasteiger partial charge in [-0.1, -0.05) is 20.8 Å². The Morgan fingerprint density at radius 3 is 1.50 bits per heavy atom. The van der Waals surface area contributed by atoms with Crippen LogP contribution in [0.15, 0.2) is 0 Å². The molecule has 0 aromatic heterocycles. The second kappa shape index (κ2) is 29.8. The summed E-state index contributed by atoms with van der Waals surface area (Å²) in [6.07, 6.45) is 1.15. The van der Waals surface area contributed by atoms with Gasteiger partial charge in [0.1, 0.15) is 0 Å². The molecule has 0 saturated heterocycles. The summed E-state index contributed by atoms with van der Waals surface area (Å²) in [6.45, 7) is 12.6. The monoisotopic (exact) mass is 398 g/mol. The molecular weight excluding hydrogens is 363 g/mol. The van der Waals surface area contributed by atoms with Crippen molar-refractivity contribution < 1.29 is 56.8 Å². The van der Waals surface area contributed by atoms with E-state index in [-0.39, 0.29) is 39.3 Å². The summed E-state index contributed by atoms with van der Waals surface area (Å²) >= 11 is 0. The summed E-state index contributed by atoms with van der Waals surface area (Å²) in [5, 5.41) is 11.7. The van der Waals surface area contributed by atoms with Crippen molar-refractivity contribution in [1.82, 2.24) is 5.32 Å². The topological polar surface area (TPSA) is 69.2 Å². The molecule has 0 amide bonds. The zero-order valence-corrected chi connectivity index (χ0v) is 17.5. The fourth-order valence-electron chi connectivity index (χ4n) is 1.27. The molecule has 133 valence electrons. The Morgan fingerprint density at radius 2 is 1.09 bits per heavy atom. The predicted molar refractivity (Wildman–Crippen MR) is 84.9 cm³/mol. The van der Waals surface area contributed by atoms with E-state index in [2.05, 4.69) is 12.2 Å². The fourth-order valence-corrected chi connectivity index (χ4v) is 1.27. The van der Waals surface area contributed by atoms with Gasteiger partial charge in [0.2, 0.25) is 0 Å². The molecule has 0 aromatic rings. The minimum absolute atomic E-state index is 0. The van der Waals surface area contributed by atoms with Crippen LogP contribution in [0.25, 0.3) is 0 Å². The first kappa shape index (κ1) is 27.7. The van der Waals surface area contributed by atoms with Crippen molar-refractivity contribution in [3.05, 3.63) is 0 Å². The van der Waals surface area contributed by atoms with Crippen molar-refractivity contribution >= 4 is 0 Å². The molecule has 0 bridgehead atoms. The van der Waals surface area contributed by atoms with E-state index in [1.807, 2.05) is 13.8 Å². The van der Waals surface area contributed by atoms with E-state index < -0.39 is 0 Å². The van der Waals surface area contributed by atoms with Crippen LogP contribution in [0.2, 0.25) is 0 Å². The fraction of sp³-hybridized carbons (Fsp3) is 1.00. The van der Waals surface area contributed by atoms with Crippen molar-refractivity contribution in [1.29, 1.82) is 0 Å². The van der Waals surface area contributed by atoms with E-state index in [4.69, 9.17) is 24.1 Å². The number of aliphatic hydroxyl groups excluding tert-OH is 1. The molecule has 0 atom stereocenters. The van der Waals surface area contributed by atoms with Crippen LogP contribution in [0, 0.1) is 0 Å². The van der Waals surface area contributed by atoms with Crippen LogP contribution in [-0.4, -0.2) is 77.7 Å². The first-order valence-electron chi connectivity index (χ1n) is 8.04. The molecule has 0 rings (SSSR count).